The molecule has 6 nitrogen and oxygen atoms in total. The third kappa shape index (κ3) is 4.03. The first kappa shape index (κ1) is 16.3. The molecule has 0 radical (unpaired) electrons. The Morgan fingerprint density at radius 2 is 2.22 bits per heavy atom. The van der Waals surface area contributed by atoms with E-state index in [0.29, 0.717) is 12.6 Å². The number of aromatic nitrogens is 2. The highest BCUT2D eigenvalue weighted by Crippen LogP contribution is 2.22. The van der Waals surface area contributed by atoms with E-state index in [4.69, 9.17) is 4.42 Å². The molecule has 1 atom stereocenters. The average Bonchev–Trinajstić information content (AvgIpc) is 2.96. The SMILES string of the molecule is Cn1nc(N2CCCCC2CNCc2ccc(Br)o2)ccc1=O. The predicted octanol–water partition coefficient (Wildman–Crippen LogP) is 2.28. The number of anilines is 1. The highest BCUT2D eigenvalue weighted by atomic mass is 79.9. The Hall–Kier alpha value is -1.60. The van der Waals surface area contributed by atoms with Crippen LogP contribution in [0.15, 0.2) is 38.1 Å². The standard InChI is InChI=1S/C16H21BrN4O2/c1-20-16(22)8-7-15(19-20)21-9-3-2-4-12(21)10-18-11-13-5-6-14(17)23-13/h5-8,12,18H,2-4,9-11H2,1H3. The molecule has 3 rings (SSSR count). The van der Waals surface area contributed by atoms with Crippen LogP contribution in [-0.2, 0) is 13.6 Å². The first-order valence-corrected chi connectivity index (χ1v) is 8.69. The van der Waals surface area contributed by atoms with Crippen molar-refractivity contribution in [3.8, 4) is 0 Å². The van der Waals surface area contributed by atoms with Crippen LogP contribution in [-0.4, -0.2) is 28.9 Å². The fourth-order valence-electron chi connectivity index (χ4n) is 2.97. The molecule has 0 aromatic carbocycles. The van der Waals surface area contributed by atoms with Gasteiger partial charge >= 0.3 is 0 Å². The lowest BCUT2D eigenvalue weighted by molar-refractivity contribution is 0.411. The van der Waals surface area contributed by atoms with E-state index in [-0.39, 0.29) is 5.56 Å². The minimum absolute atomic E-state index is 0.0798. The summed E-state index contributed by atoms with van der Waals surface area (Å²) in [7, 11) is 1.69. The maximum atomic E-state index is 11.5. The zero-order valence-corrected chi connectivity index (χ0v) is 14.8. The molecule has 1 aliphatic heterocycles. The number of rotatable bonds is 5. The molecule has 0 bridgehead atoms. The summed E-state index contributed by atoms with van der Waals surface area (Å²) >= 11 is 3.31. The van der Waals surface area contributed by atoms with Crippen molar-refractivity contribution in [3.05, 3.63) is 45.0 Å². The van der Waals surface area contributed by atoms with Gasteiger partial charge in [0, 0.05) is 32.2 Å². The molecule has 1 aliphatic rings. The number of hydrogen-bond acceptors (Lipinski definition) is 5. The number of nitrogens with one attached hydrogen (secondary N) is 1. The predicted molar refractivity (Wildman–Crippen MR) is 92.6 cm³/mol. The van der Waals surface area contributed by atoms with Crippen molar-refractivity contribution in [2.45, 2.75) is 31.8 Å². The monoisotopic (exact) mass is 380 g/mol. The van der Waals surface area contributed by atoms with Crippen LogP contribution < -0.4 is 15.8 Å². The van der Waals surface area contributed by atoms with Crippen molar-refractivity contribution in [2.24, 2.45) is 7.05 Å². The van der Waals surface area contributed by atoms with Crippen LogP contribution in [0.5, 0.6) is 0 Å². The second-order valence-electron chi connectivity index (χ2n) is 5.83. The first-order valence-electron chi connectivity index (χ1n) is 7.89. The van der Waals surface area contributed by atoms with E-state index in [1.807, 2.05) is 18.2 Å². The minimum atomic E-state index is -0.0798. The van der Waals surface area contributed by atoms with Gasteiger partial charge < -0.3 is 14.6 Å². The quantitative estimate of drug-likeness (QED) is 0.861. The van der Waals surface area contributed by atoms with E-state index in [2.05, 4.69) is 31.2 Å². The lowest BCUT2D eigenvalue weighted by Crippen LogP contribution is -2.46. The molecule has 1 fully saturated rings. The van der Waals surface area contributed by atoms with E-state index < -0.39 is 0 Å². The number of hydrogen-bond donors (Lipinski definition) is 1. The highest BCUT2D eigenvalue weighted by molar-refractivity contribution is 9.10. The molecule has 7 heteroatoms. The Labute approximate surface area is 143 Å². The summed E-state index contributed by atoms with van der Waals surface area (Å²) in [5, 5.41) is 7.85. The Morgan fingerprint density at radius 1 is 1.35 bits per heavy atom. The summed E-state index contributed by atoms with van der Waals surface area (Å²) in [6, 6.07) is 7.65. The normalized spacial score (nSPS) is 18.3. The maximum Gasteiger partial charge on any atom is 0.266 e. The van der Waals surface area contributed by atoms with Gasteiger partial charge in [0.15, 0.2) is 4.67 Å². The van der Waals surface area contributed by atoms with Crippen molar-refractivity contribution in [3.63, 3.8) is 0 Å². The topological polar surface area (TPSA) is 63.3 Å². The lowest BCUT2D eigenvalue weighted by atomic mass is 10.0. The van der Waals surface area contributed by atoms with E-state index in [9.17, 15) is 4.79 Å². The Bertz CT molecular complexity index is 712. The van der Waals surface area contributed by atoms with Gasteiger partial charge in [-0.2, -0.15) is 5.10 Å². The van der Waals surface area contributed by atoms with Gasteiger partial charge in [-0.15, -0.1) is 0 Å². The van der Waals surface area contributed by atoms with Crippen LogP contribution >= 0.6 is 15.9 Å². The second kappa shape index (κ2) is 7.31. The number of furan rings is 1. The van der Waals surface area contributed by atoms with Crippen LogP contribution in [0.4, 0.5) is 5.82 Å². The molecule has 0 spiro atoms. The summed E-state index contributed by atoms with van der Waals surface area (Å²) in [6.45, 7) is 2.54. The molecule has 1 saturated heterocycles. The van der Waals surface area contributed by atoms with Gasteiger partial charge in [-0.25, -0.2) is 4.68 Å². The zero-order valence-electron chi connectivity index (χ0n) is 13.2. The maximum absolute atomic E-state index is 11.5. The fraction of sp³-hybridized carbons (Fsp3) is 0.500. The third-order valence-corrected chi connectivity index (χ3v) is 4.60. The molecule has 2 aromatic rings. The third-order valence-electron chi connectivity index (χ3n) is 4.18. The van der Waals surface area contributed by atoms with E-state index in [0.717, 1.165) is 42.2 Å². The number of piperidine rings is 1. The van der Waals surface area contributed by atoms with Crippen LogP contribution in [0.2, 0.25) is 0 Å². The molecule has 0 aliphatic carbocycles. The molecule has 0 amide bonds. The van der Waals surface area contributed by atoms with E-state index in [1.165, 1.54) is 11.1 Å². The number of halogens is 1. The van der Waals surface area contributed by atoms with Crippen LogP contribution in [0.1, 0.15) is 25.0 Å². The first-order chi connectivity index (χ1) is 11.1. The molecular weight excluding hydrogens is 360 g/mol. The summed E-state index contributed by atoms with van der Waals surface area (Å²) in [4.78, 5) is 13.8. The second-order valence-corrected chi connectivity index (χ2v) is 6.61. The lowest BCUT2D eigenvalue weighted by Gasteiger charge is -2.36. The smallest absolute Gasteiger partial charge is 0.266 e. The number of nitrogens with zero attached hydrogens (tertiary/aromatic N) is 3. The highest BCUT2D eigenvalue weighted by Gasteiger charge is 2.23. The van der Waals surface area contributed by atoms with Crippen molar-refractivity contribution >= 4 is 21.7 Å². The van der Waals surface area contributed by atoms with Gasteiger partial charge in [-0.1, -0.05) is 0 Å². The van der Waals surface area contributed by atoms with Crippen LogP contribution in [0.25, 0.3) is 0 Å². The van der Waals surface area contributed by atoms with Crippen molar-refractivity contribution < 1.29 is 4.42 Å². The van der Waals surface area contributed by atoms with Gasteiger partial charge in [-0.3, -0.25) is 4.79 Å². The van der Waals surface area contributed by atoms with Crippen LogP contribution in [0, 0.1) is 0 Å². The Morgan fingerprint density at radius 3 is 2.96 bits per heavy atom. The van der Waals surface area contributed by atoms with Crippen molar-refractivity contribution in [1.82, 2.24) is 15.1 Å². The minimum Gasteiger partial charge on any atom is -0.453 e. The fourth-order valence-corrected chi connectivity index (χ4v) is 3.31. The molecule has 1 unspecified atom stereocenters. The summed E-state index contributed by atoms with van der Waals surface area (Å²) in [5.74, 6) is 1.79. The molecule has 0 saturated carbocycles. The van der Waals surface area contributed by atoms with Gasteiger partial charge in [-0.05, 0) is 53.4 Å². The molecule has 2 aromatic heterocycles. The summed E-state index contributed by atoms with van der Waals surface area (Å²) in [5.41, 5.74) is -0.0798. The van der Waals surface area contributed by atoms with Gasteiger partial charge in [0.1, 0.15) is 11.6 Å². The van der Waals surface area contributed by atoms with Gasteiger partial charge in [0.25, 0.3) is 5.56 Å². The van der Waals surface area contributed by atoms with Crippen molar-refractivity contribution in [2.75, 3.05) is 18.0 Å². The summed E-state index contributed by atoms with van der Waals surface area (Å²) in [6.07, 6.45) is 3.51. The summed E-state index contributed by atoms with van der Waals surface area (Å²) < 4.78 is 7.65. The average molecular weight is 381 g/mol. The molecule has 23 heavy (non-hydrogen) atoms. The number of aryl methyl sites for hydroxylation is 1. The van der Waals surface area contributed by atoms with Crippen LogP contribution in [0.3, 0.4) is 0 Å². The zero-order chi connectivity index (χ0) is 16.2. The van der Waals surface area contributed by atoms with E-state index >= 15 is 0 Å². The molecular formula is C16H21BrN4O2. The Kier molecular flexibility index (Phi) is 5.17. The van der Waals surface area contributed by atoms with E-state index in [1.54, 1.807) is 13.1 Å². The molecule has 1 N–H and O–H groups in total. The van der Waals surface area contributed by atoms with Gasteiger partial charge in [0.2, 0.25) is 0 Å². The molecule has 3 heterocycles. The Balaban J connectivity index is 1.63. The van der Waals surface area contributed by atoms with Crippen molar-refractivity contribution in [1.29, 1.82) is 0 Å². The largest absolute Gasteiger partial charge is 0.453 e. The van der Waals surface area contributed by atoms with Gasteiger partial charge in [0.05, 0.1) is 6.54 Å². The molecule has 124 valence electrons.